The Morgan fingerprint density at radius 2 is 1.77 bits per heavy atom. The van der Waals surface area contributed by atoms with Crippen LogP contribution in [0.5, 0.6) is 0 Å². The smallest absolute Gasteiger partial charge is 0.241 e. The lowest BCUT2D eigenvalue weighted by Crippen LogP contribution is -2.44. The molecule has 0 aromatic heterocycles. The fourth-order valence-electron chi connectivity index (χ4n) is 0.658. The Morgan fingerprint density at radius 1 is 1.31 bits per heavy atom. The van der Waals surface area contributed by atoms with Crippen LogP contribution in [0.3, 0.4) is 0 Å². The molecule has 3 N–H and O–H groups in total. The maximum Gasteiger partial charge on any atom is 0.241 e. The third-order valence-electron chi connectivity index (χ3n) is 1.61. The van der Waals surface area contributed by atoms with E-state index in [1.165, 1.54) is 0 Å². The number of ether oxygens (including phenoxy) is 1. The third kappa shape index (κ3) is 4.85. The van der Waals surface area contributed by atoms with Gasteiger partial charge in [0.05, 0.1) is 17.6 Å². The van der Waals surface area contributed by atoms with Gasteiger partial charge in [0.2, 0.25) is 5.91 Å². The summed E-state index contributed by atoms with van der Waals surface area (Å²) in [5, 5.41) is 0. The number of carbonyl (C=O) groups is 1. The fraction of sp³-hybridized carbons (Fsp3) is 0.889. The van der Waals surface area contributed by atoms with Gasteiger partial charge in [0.15, 0.2) is 0 Å². The summed E-state index contributed by atoms with van der Waals surface area (Å²) in [5.74, 6) is 4.83. The van der Waals surface area contributed by atoms with E-state index >= 15 is 0 Å². The second kappa shape index (κ2) is 4.07. The van der Waals surface area contributed by atoms with Crippen molar-refractivity contribution in [2.45, 2.75) is 40.2 Å². The highest BCUT2D eigenvalue weighted by Crippen LogP contribution is 2.19. The highest BCUT2D eigenvalue weighted by atomic mass is 16.5. The highest BCUT2D eigenvalue weighted by Gasteiger charge is 2.29. The number of hydrogen-bond acceptors (Lipinski definition) is 3. The zero-order chi connectivity index (χ0) is 10.7. The quantitative estimate of drug-likeness (QED) is 0.391. The van der Waals surface area contributed by atoms with E-state index in [2.05, 4.69) is 5.43 Å². The summed E-state index contributed by atoms with van der Waals surface area (Å²) >= 11 is 0. The summed E-state index contributed by atoms with van der Waals surface area (Å²) in [6, 6.07) is 0. The van der Waals surface area contributed by atoms with Crippen LogP contribution in [0.15, 0.2) is 0 Å². The molecular formula is C9H20N2O2. The van der Waals surface area contributed by atoms with Crippen molar-refractivity contribution < 1.29 is 9.53 Å². The topological polar surface area (TPSA) is 64.3 Å². The summed E-state index contributed by atoms with van der Waals surface area (Å²) in [6.45, 7) is 9.79. The Morgan fingerprint density at radius 3 is 2.08 bits per heavy atom. The molecule has 0 aromatic rings. The van der Waals surface area contributed by atoms with E-state index in [4.69, 9.17) is 10.6 Å². The van der Waals surface area contributed by atoms with Gasteiger partial charge < -0.3 is 4.74 Å². The van der Waals surface area contributed by atoms with Crippen LogP contribution >= 0.6 is 0 Å². The maximum atomic E-state index is 11.2. The molecule has 0 heterocycles. The Bertz CT molecular complexity index is 183. The largest absolute Gasteiger partial charge is 0.375 e. The molecule has 0 aromatic carbocycles. The van der Waals surface area contributed by atoms with E-state index in [9.17, 15) is 4.79 Å². The summed E-state index contributed by atoms with van der Waals surface area (Å²) in [7, 11) is 0. The minimum absolute atomic E-state index is 0.211. The monoisotopic (exact) mass is 188 g/mol. The van der Waals surface area contributed by atoms with Gasteiger partial charge in [-0.2, -0.15) is 0 Å². The predicted molar refractivity (Wildman–Crippen MR) is 51.8 cm³/mol. The zero-order valence-electron chi connectivity index (χ0n) is 9.10. The Balaban J connectivity index is 4.11. The number of hydrazine groups is 1. The van der Waals surface area contributed by atoms with Crippen LogP contribution in [-0.2, 0) is 9.53 Å². The summed E-state index contributed by atoms with van der Waals surface area (Å²) in [5.41, 5.74) is 1.31. The Kier molecular flexibility index (Phi) is 3.88. The van der Waals surface area contributed by atoms with Gasteiger partial charge >= 0.3 is 0 Å². The zero-order valence-corrected chi connectivity index (χ0v) is 9.10. The lowest BCUT2D eigenvalue weighted by atomic mass is 9.93. The van der Waals surface area contributed by atoms with Crippen molar-refractivity contribution in [3.63, 3.8) is 0 Å². The first-order valence-corrected chi connectivity index (χ1v) is 4.34. The van der Waals surface area contributed by atoms with E-state index in [0.717, 1.165) is 0 Å². The molecule has 1 amide bonds. The fourth-order valence-corrected chi connectivity index (χ4v) is 0.658. The summed E-state index contributed by atoms with van der Waals surface area (Å²) < 4.78 is 5.50. The Labute approximate surface area is 79.8 Å². The van der Waals surface area contributed by atoms with Crippen molar-refractivity contribution >= 4 is 5.91 Å². The van der Waals surface area contributed by atoms with Crippen LogP contribution in [0.25, 0.3) is 0 Å². The summed E-state index contributed by atoms with van der Waals surface area (Å²) in [4.78, 5) is 11.2. The average molecular weight is 188 g/mol. The molecule has 4 nitrogen and oxygen atoms in total. The molecule has 0 aliphatic heterocycles. The number of carbonyl (C=O) groups excluding carboxylic acids is 1. The van der Waals surface area contributed by atoms with Gasteiger partial charge in [-0.3, -0.25) is 10.2 Å². The van der Waals surface area contributed by atoms with Crippen molar-refractivity contribution in [2.75, 3.05) is 6.61 Å². The van der Waals surface area contributed by atoms with Gasteiger partial charge in [0.25, 0.3) is 0 Å². The van der Waals surface area contributed by atoms with Gasteiger partial charge in [0, 0.05) is 0 Å². The minimum atomic E-state index is -0.581. The molecular weight excluding hydrogens is 168 g/mol. The van der Waals surface area contributed by atoms with Crippen LogP contribution in [-0.4, -0.2) is 18.1 Å². The number of rotatable bonds is 3. The molecule has 4 heteroatoms. The standard InChI is InChI=1S/C9H20N2O2/c1-8(2,3)13-6-9(4,5)7(12)11-10/h6,10H2,1-5H3,(H,11,12). The molecule has 0 atom stereocenters. The molecule has 0 aliphatic rings. The molecule has 0 bridgehead atoms. The minimum Gasteiger partial charge on any atom is -0.375 e. The predicted octanol–water partition coefficient (Wildman–Crippen LogP) is 0.818. The number of hydrogen-bond donors (Lipinski definition) is 2. The molecule has 0 aliphatic carbocycles. The molecule has 0 unspecified atom stereocenters. The van der Waals surface area contributed by atoms with E-state index in [1.54, 1.807) is 13.8 Å². The molecule has 78 valence electrons. The molecule has 0 saturated heterocycles. The first-order chi connectivity index (χ1) is 5.69. The molecule has 0 spiro atoms. The van der Waals surface area contributed by atoms with Crippen LogP contribution in [0.2, 0.25) is 0 Å². The van der Waals surface area contributed by atoms with Gasteiger partial charge in [-0.25, -0.2) is 5.84 Å². The Hall–Kier alpha value is -0.610. The second-order valence-electron chi connectivity index (χ2n) is 4.76. The lowest BCUT2D eigenvalue weighted by molar-refractivity contribution is -0.136. The van der Waals surface area contributed by atoms with Crippen molar-refractivity contribution in [3.05, 3.63) is 0 Å². The summed E-state index contributed by atoms with van der Waals surface area (Å²) in [6.07, 6.45) is 0. The van der Waals surface area contributed by atoms with Gasteiger partial charge in [0.1, 0.15) is 0 Å². The van der Waals surface area contributed by atoms with E-state index in [1.807, 2.05) is 20.8 Å². The number of amides is 1. The number of nitrogens with two attached hydrogens (primary N) is 1. The van der Waals surface area contributed by atoms with Crippen LogP contribution < -0.4 is 11.3 Å². The van der Waals surface area contributed by atoms with Crippen molar-refractivity contribution in [3.8, 4) is 0 Å². The normalized spacial score (nSPS) is 12.8. The number of nitrogens with one attached hydrogen (secondary N) is 1. The molecule has 0 saturated carbocycles. The molecule has 0 fully saturated rings. The van der Waals surface area contributed by atoms with Crippen LogP contribution in [0.1, 0.15) is 34.6 Å². The van der Waals surface area contributed by atoms with Crippen LogP contribution in [0.4, 0.5) is 0 Å². The van der Waals surface area contributed by atoms with Crippen LogP contribution in [0, 0.1) is 5.41 Å². The van der Waals surface area contributed by atoms with E-state index < -0.39 is 5.41 Å². The van der Waals surface area contributed by atoms with Crippen molar-refractivity contribution in [2.24, 2.45) is 11.3 Å². The first-order valence-electron chi connectivity index (χ1n) is 4.34. The lowest BCUT2D eigenvalue weighted by Gasteiger charge is -2.27. The van der Waals surface area contributed by atoms with Gasteiger partial charge in [-0.15, -0.1) is 0 Å². The average Bonchev–Trinajstić information content (AvgIpc) is 1.98. The van der Waals surface area contributed by atoms with Crippen molar-refractivity contribution in [1.82, 2.24) is 5.43 Å². The van der Waals surface area contributed by atoms with E-state index in [-0.39, 0.29) is 11.5 Å². The molecule has 0 rings (SSSR count). The van der Waals surface area contributed by atoms with Gasteiger partial charge in [-0.05, 0) is 34.6 Å². The van der Waals surface area contributed by atoms with E-state index in [0.29, 0.717) is 6.61 Å². The maximum absolute atomic E-state index is 11.2. The molecule has 0 radical (unpaired) electrons. The van der Waals surface area contributed by atoms with Crippen molar-refractivity contribution in [1.29, 1.82) is 0 Å². The third-order valence-corrected chi connectivity index (χ3v) is 1.61. The highest BCUT2D eigenvalue weighted by molar-refractivity contribution is 5.81. The SMILES string of the molecule is CC(C)(C)OCC(C)(C)C(=O)NN. The van der Waals surface area contributed by atoms with Gasteiger partial charge in [-0.1, -0.05) is 0 Å². The first kappa shape index (κ1) is 12.4. The second-order valence-corrected chi connectivity index (χ2v) is 4.76. The molecule has 13 heavy (non-hydrogen) atoms.